The van der Waals surface area contributed by atoms with Crippen LogP contribution in [-0.2, 0) is 11.3 Å². The highest BCUT2D eigenvalue weighted by Gasteiger charge is 2.24. The molecule has 1 unspecified atom stereocenters. The Balaban J connectivity index is 0.00000261. The van der Waals surface area contributed by atoms with E-state index in [1.165, 1.54) is 11.1 Å². The Hall–Kier alpha value is -1.86. The average molecular weight is 394 g/mol. The quantitative estimate of drug-likeness (QED) is 0.696. The first-order chi connectivity index (χ1) is 12.8. The van der Waals surface area contributed by atoms with E-state index in [-0.39, 0.29) is 12.4 Å². The van der Waals surface area contributed by atoms with Gasteiger partial charge >= 0.3 is 0 Å². The maximum Gasteiger partial charge on any atom is 0.161 e. The topological polar surface area (TPSA) is 55.9 Å². The number of hydrogen-bond acceptors (Lipinski definition) is 6. The molecule has 2 aromatic rings. The Kier molecular flexibility index (Phi) is 8.81. The largest absolute Gasteiger partial charge is 0.493 e. The van der Waals surface area contributed by atoms with Crippen LogP contribution in [-0.4, -0.2) is 57.0 Å². The van der Waals surface area contributed by atoms with Crippen LogP contribution in [0.1, 0.15) is 17.2 Å². The van der Waals surface area contributed by atoms with E-state index >= 15 is 0 Å². The molecule has 1 aromatic carbocycles. The maximum atomic E-state index is 5.72. The zero-order valence-corrected chi connectivity index (χ0v) is 16.7. The van der Waals surface area contributed by atoms with Gasteiger partial charge in [0, 0.05) is 51.7 Å². The summed E-state index contributed by atoms with van der Waals surface area (Å²) in [6.45, 7) is 4.87. The fourth-order valence-corrected chi connectivity index (χ4v) is 3.25. The normalized spacial score (nSPS) is 17.2. The third-order valence-corrected chi connectivity index (χ3v) is 4.60. The molecule has 1 fully saturated rings. The second kappa shape index (κ2) is 11.1. The van der Waals surface area contributed by atoms with E-state index < -0.39 is 0 Å². The van der Waals surface area contributed by atoms with Crippen molar-refractivity contribution in [2.45, 2.75) is 12.6 Å². The SMILES string of the molecule is COCCOc1ccc(CN2CCNCC2c2ccncc2)cc1OC.Cl. The molecule has 0 radical (unpaired) electrons. The molecule has 2 heterocycles. The second-order valence-electron chi connectivity index (χ2n) is 6.30. The van der Waals surface area contributed by atoms with Gasteiger partial charge in [-0.25, -0.2) is 0 Å². The summed E-state index contributed by atoms with van der Waals surface area (Å²) in [6, 6.07) is 10.7. The van der Waals surface area contributed by atoms with Gasteiger partial charge in [-0.05, 0) is 35.4 Å². The number of nitrogens with zero attached hydrogens (tertiary/aromatic N) is 2. The number of ether oxygens (including phenoxy) is 3. The first-order valence-electron chi connectivity index (χ1n) is 8.95. The molecule has 1 aliphatic heterocycles. The minimum atomic E-state index is 0. The van der Waals surface area contributed by atoms with E-state index in [2.05, 4.69) is 39.5 Å². The van der Waals surface area contributed by atoms with Crippen molar-refractivity contribution in [3.05, 3.63) is 53.9 Å². The molecule has 27 heavy (non-hydrogen) atoms. The highest BCUT2D eigenvalue weighted by molar-refractivity contribution is 5.85. The van der Waals surface area contributed by atoms with E-state index in [0.717, 1.165) is 37.7 Å². The Morgan fingerprint density at radius 3 is 2.67 bits per heavy atom. The van der Waals surface area contributed by atoms with Gasteiger partial charge in [-0.3, -0.25) is 9.88 Å². The molecule has 1 aliphatic rings. The van der Waals surface area contributed by atoms with Crippen molar-refractivity contribution in [3.63, 3.8) is 0 Å². The maximum absolute atomic E-state index is 5.72. The van der Waals surface area contributed by atoms with Gasteiger partial charge < -0.3 is 19.5 Å². The lowest BCUT2D eigenvalue weighted by Crippen LogP contribution is -2.45. The van der Waals surface area contributed by atoms with Crippen LogP contribution in [0.25, 0.3) is 0 Å². The van der Waals surface area contributed by atoms with Gasteiger partial charge in [0.1, 0.15) is 6.61 Å². The molecule has 7 heteroatoms. The van der Waals surface area contributed by atoms with Crippen molar-refractivity contribution in [2.75, 3.05) is 47.1 Å². The summed E-state index contributed by atoms with van der Waals surface area (Å²) in [5.41, 5.74) is 2.50. The van der Waals surface area contributed by atoms with Crippen molar-refractivity contribution in [2.24, 2.45) is 0 Å². The second-order valence-corrected chi connectivity index (χ2v) is 6.30. The van der Waals surface area contributed by atoms with E-state index in [1.54, 1.807) is 14.2 Å². The number of pyridine rings is 1. The lowest BCUT2D eigenvalue weighted by atomic mass is 10.0. The van der Waals surface area contributed by atoms with Crippen LogP contribution in [0.2, 0.25) is 0 Å². The lowest BCUT2D eigenvalue weighted by Gasteiger charge is -2.36. The van der Waals surface area contributed by atoms with E-state index in [0.29, 0.717) is 19.3 Å². The first-order valence-corrected chi connectivity index (χ1v) is 8.95. The monoisotopic (exact) mass is 393 g/mol. The predicted molar refractivity (Wildman–Crippen MR) is 108 cm³/mol. The number of halogens is 1. The number of rotatable bonds is 8. The molecule has 0 bridgehead atoms. The Bertz CT molecular complexity index is 687. The van der Waals surface area contributed by atoms with Gasteiger partial charge in [-0.2, -0.15) is 0 Å². The smallest absolute Gasteiger partial charge is 0.161 e. The van der Waals surface area contributed by atoms with E-state index in [9.17, 15) is 0 Å². The third kappa shape index (κ3) is 5.81. The highest BCUT2D eigenvalue weighted by Crippen LogP contribution is 2.30. The number of piperazine rings is 1. The summed E-state index contributed by atoms with van der Waals surface area (Å²) < 4.78 is 16.3. The summed E-state index contributed by atoms with van der Waals surface area (Å²) in [5.74, 6) is 1.51. The summed E-state index contributed by atoms with van der Waals surface area (Å²) in [6.07, 6.45) is 3.72. The van der Waals surface area contributed by atoms with Gasteiger partial charge in [-0.1, -0.05) is 6.07 Å². The molecule has 1 saturated heterocycles. The zero-order valence-electron chi connectivity index (χ0n) is 15.9. The highest BCUT2D eigenvalue weighted by atomic mass is 35.5. The molecule has 0 spiro atoms. The summed E-state index contributed by atoms with van der Waals surface area (Å²) in [4.78, 5) is 6.63. The van der Waals surface area contributed by atoms with Crippen molar-refractivity contribution >= 4 is 12.4 Å². The fourth-order valence-electron chi connectivity index (χ4n) is 3.25. The number of methoxy groups -OCH3 is 2. The molecular weight excluding hydrogens is 366 g/mol. The molecule has 1 N–H and O–H groups in total. The van der Waals surface area contributed by atoms with Gasteiger partial charge in [0.2, 0.25) is 0 Å². The van der Waals surface area contributed by atoms with Gasteiger partial charge in [0.05, 0.1) is 13.7 Å². The van der Waals surface area contributed by atoms with E-state index in [1.807, 2.05) is 18.5 Å². The van der Waals surface area contributed by atoms with Gasteiger partial charge in [0.25, 0.3) is 0 Å². The number of nitrogens with one attached hydrogen (secondary N) is 1. The molecule has 0 aliphatic carbocycles. The number of hydrogen-bond donors (Lipinski definition) is 1. The molecule has 6 nitrogen and oxygen atoms in total. The number of aromatic nitrogens is 1. The number of benzene rings is 1. The Morgan fingerprint density at radius 2 is 1.93 bits per heavy atom. The van der Waals surface area contributed by atoms with Crippen LogP contribution in [0.3, 0.4) is 0 Å². The average Bonchev–Trinajstić information content (AvgIpc) is 2.70. The lowest BCUT2D eigenvalue weighted by molar-refractivity contribution is 0.143. The minimum absolute atomic E-state index is 0. The Morgan fingerprint density at radius 1 is 1.11 bits per heavy atom. The van der Waals surface area contributed by atoms with Gasteiger partial charge in [-0.15, -0.1) is 12.4 Å². The molecular formula is C20H28ClN3O3. The van der Waals surface area contributed by atoms with Crippen molar-refractivity contribution < 1.29 is 14.2 Å². The van der Waals surface area contributed by atoms with Gasteiger partial charge in [0.15, 0.2) is 11.5 Å². The molecule has 1 atom stereocenters. The fraction of sp³-hybridized carbons (Fsp3) is 0.450. The molecule has 3 rings (SSSR count). The van der Waals surface area contributed by atoms with Crippen LogP contribution in [0.5, 0.6) is 11.5 Å². The predicted octanol–water partition coefficient (Wildman–Crippen LogP) is 2.68. The third-order valence-electron chi connectivity index (χ3n) is 4.60. The molecule has 1 aromatic heterocycles. The summed E-state index contributed by atoms with van der Waals surface area (Å²) >= 11 is 0. The Labute approximate surface area is 167 Å². The molecule has 0 saturated carbocycles. The van der Waals surface area contributed by atoms with Crippen LogP contribution < -0.4 is 14.8 Å². The standard InChI is InChI=1S/C20H27N3O3.ClH/c1-24-11-12-26-19-4-3-16(13-20(19)25-2)15-23-10-9-22-14-18(23)17-5-7-21-8-6-17;/h3-8,13,18,22H,9-12,14-15H2,1-2H3;1H. The van der Waals surface area contributed by atoms with Crippen LogP contribution in [0.15, 0.2) is 42.7 Å². The molecule has 148 valence electrons. The van der Waals surface area contributed by atoms with Crippen LogP contribution >= 0.6 is 12.4 Å². The van der Waals surface area contributed by atoms with Crippen LogP contribution in [0.4, 0.5) is 0 Å². The van der Waals surface area contributed by atoms with Crippen molar-refractivity contribution in [1.82, 2.24) is 15.2 Å². The summed E-state index contributed by atoms with van der Waals surface area (Å²) in [7, 11) is 3.34. The van der Waals surface area contributed by atoms with Crippen molar-refractivity contribution in [1.29, 1.82) is 0 Å². The first kappa shape index (κ1) is 21.4. The summed E-state index contributed by atoms with van der Waals surface area (Å²) in [5, 5.41) is 3.49. The van der Waals surface area contributed by atoms with Crippen molar-refractivity contribution in [3.8, 4) is 11.5 Å². The zero-order chi connectivity index (χ0) is 18.2. The van der Waals surface area contributed by atoms with E-state index in [4.69, 9.17) is 14.2 Å². The van der Waals surface area contributed by atoms with Crippen LogP contribution in [0, 0.1) is 0 Å². The minimum Gasteiger partial charge on any atom is -0.493 e. The molecule has 0 amide bonds.